The maximum Gasteiger partial charge on any atom is 0.323 e. The smallest absolute Gasteiger partial charge is 0.323 e. The molecule has 1 heterocycles. The predicted octanol–water partition coefficient (Wildman–Crippen LogP) is 0.489. The molecule has 0 spiro atoms. The third-order valence-corrected chi connectivity index (χ3v) is 2.88. The highest BCUT2D eigenvalue weighted by molar-refractivity contribution is 5.88. The fourth-order valence-corrected chi connectivity index (χ4v) is 1.87. The van der Waals surface area contributed by atoms with Gasteiger partial charge in [-0.3, -0.25) is 9.59 Å². The van der Waals surface area contributed by atoms with Gasteiger partial charge in [0.05, 0.1) is 6.61 Å². The highest BCUT2D eigenvalue weighted by Gasteiger charge is 2.42. The van der Waals surface area contributed by atoms with Gasteiger partial charge in [0, 0.05) is 6.54 Å². The highest BCUT2D eigenvalue weighted by Crippen LogP contribution is 2.26. The molecule has 5 nitrogen and oxygen atoms in total. The SMILES string of the molecule is CCC1(CC)OCCN(CC(=O)O)C1=O. The van der Waals surface area contributed by atoms with Gasteiger partial charge in [-0.25, -0.2) is 0 Å². The summed E-state index contributed by atoms with van der Waals surface area (Å²) >= 11 is 0. The molecule has 86 valence electrons. The number of carbonyl (C=O) groups is 2. The third-order valence-electron chi connectivity index (χ3n) is 2.88. The summed E-state index contributed by atoms with van der Waals surface area (Å²) in [5, 5.41) is 8.66. The number of hydrogen-bond acceptors (Lipinski definition) is 3. The fourth-order valence-electron chi connectivity index (χ4n) is 1.87. The van der Waals surface area contributed by atoms with E-state index in [4.69, 9.17) is 9.84 Å². The van der Waals surface area contributed by atoms with Gasteiger partial charge >= 0.3 is 5.97 Å². The van der Waals surface area contributed by atoms with Crippen molar-refractivity contribution in [2.24, 2.45) is 0 Å². The van der Waals surface area contributed by atoms with E-state index in [1.54, 1.807) is 0 Å². The lowest BCUT2D eigenvalue weighted by Gasteiger charge is -2.40. The number of amides is 1. The Balaban J connectivity index is 2.78. The molecule has 5 heteroatoms. The maximum absolute atomic E-state index is 12.0. The van der Waals surface area contributed by atoms with Gasteiger partial charge in [0.15, 0.2) is 0 Å². The normalized spacial score (nSPS) is 20.4. The number of carboxylic acid groups (broad SMARTS) is 1. The first-order chi connectivity index (χ1) is 7.05. The van der Waals surface area contributed by atoms with Crippen LogP contribution in [0.1, 0.15) is 26.7 Å². The Labute approximate surface area is 89.0 Å². The summed E-state index contributed by atoms with van der Waals surface area (Å²) in [7, 11) is 0. The van der Waals surface area contributed by atoms with Crippen LogP contribution in [0, 0.1) is 0 Å². The van der Waals surface area contributed by atoms with E-state index in [-0.39, 0.29) is 12.5 Å². The molecule has 0 atom stereocenters. The molecule has 0 saturated carbocycles. The molecule has 0 aliphatic carbocycles. The minimum atomic E-state index is -0.980. The van der Waals surface area contributed by atoms with Gasteiger partial charge in [-0.1, -0.05) is 13.8 Å². The summed E-state index contributed by atoms with van der Waals surface area (Å²) in [5.41, 5.74) is -0.798. The lowest BCUT2D eigenvalue weighted by molar-refractivity contribution is -0.175. The highest BCUT2D eigenvalue weighted by atomic mass is 16.5. The quantitative estimate of drug-likeness (QED) is 0.741. The molecule has 0 aromatic rings. The summed E-state index contributed by atoms with van der Waals surface area (Å²) in [6, 6.07) is 0. The number of hydrogen-bond donors (Lipinski definition) is 1. The maximum atomic E-state index is 12.0. The Morgan fingerprint density at radius 1 is 1.53 bits per heavy atom. The van der Waals surface area contributed by atoms with E-state index >= 15 is 0 Å². The molecular formula is C10H17NO4. The van der Waals surface area contributed by atoms with Crippen molar-refractivity contribution in [1.29, 1.82) is 0 Å². The zero-order valence-electron chi connectivity index (χ0n) is 9.15. The molecule has 1 aliphatic rings. The molecule has 1 aliphatic heterocycles. The number of morpholine rings is 1. The lowest BCUT2D eigenvalue weighted by Crippen LogP contribution is -2.57. The standard InChI is InChI=1S/C10H17NO4/c1-3-10(4-2)9(14)11(5-6-15-10)7-8(12)13/h3-7H2,1-2H3,(H,12,13). The van der Waals surface area contributed by atoms with Gasteiger partial charge in [-0.05, 0) is 12.8 Å². The van der Waals surface area contributed by atoms with Crippen LogP contribution >= 0.6 is 0 Å². The third kappa shape index (κ3) is 2.28. The number of carboxylic acids is 1. The number of aliphatic carboxylic acids is 1. The number of rotatable bonds is 4. The van der Waals surface area contributed by atoms with Crippen LogP contribution in [0.5, 0.6) is 0 Å². The van der Waals surface area contributed by atoms with Gasteiger partial charge in [-0.15, -0.1) is 0 Å². The summed E-state index contributed by atoms with van der Waals surface area (Å²) in [6.07, 6.45) is 1.16. The van der Waals surface area contributed by atoms with Gasteiger partial charge in [0.2, 0.25) is 0 Å². The second-order valence-electron chi connectivity index (χ2n) is 3.67. The fraction of sp³-hybridized carbons (Fsp3) is 0.800. The second-order valence-corrected chi connectivity index (χ2v) is 3.67. The first kappa shape index (κ1) is 12.0. The number of ether oxygens (including phenoxy) is 1. The van der Waals surface area contributed by atoms with E-state index < -0.39 is 11.6 Å². The van der Waals surface area contributed by atoms with E-state index in [1.807, 2.05) is 13.8 Å². The first-order valence-corrected chi connectivity index (χ1v) is 5.21. The molecule has 0 aromatic carbocycles. The average Bonchev–Trinajstić information content (AvgIpc) is 2.21. The Hall–Kier alpha value is -1.10. The summed E-state index contributed by atoms with van der Waals surface area (Å²) < 4.78 is 5.50. The molecule has 1 saturated heterocycles. The van der Waals surface area contributed by atoms with Crippen LogP contribution in [-0.2, 0) is 14.3 Å². The van der Waals surface area contributed by atoms with Crippen molar-refractivity contribution in [2.45, 2.75) is 32.3 Å². The van der Waals surface area contributed by atoms with Crippen molar-refractivity contribution in [3.63, 3.8) is 0 Å². The molecule has 0 radical (unpaired) electrons. The Bertz CT molecular complexity index is 260. The zero-order chi connectivity index (χ0) is 11.5. The Morgan fingerprint density at radius 2 is 2.13 bits per heavy atom. The summed E-state index contributed by atoms with van der Waals surface area (Å²) in [6.45, 7) is 4.31. The lowest BCUT2D eigenvalue weighted by atomic mass is 9.94. The average molecular weight is 215 g/mol. The summed E-state index contributed by atoms with van der Waals surface area (Å²) in [5.74, 6) is -1.17. The Morgan fingerprint density at radius 3 is 2.60 bits per heavy atom. The van der Waals surface area contributed by atoms with Crippen LogP contribution in [0.2, 0.25) is 0 Å². The van der Waals surface area contributed by atoms with Crippen LogP contribution < -0.4 is 0 Å². The van der Waals surface area contributed by atoms with E-state index in [9.17, 15) is 9.59 Å². The monoisotopic (exact) mass is 215 g/mol. The van der Waals surface area contributed by atoms with E-state index in [0.717, 1.165) is 0 Å². The van der Waals surface area contributed by atoms with Gasteiger partial charge in [0.1, 0.15) is 12.1 Å². The first-order valence-electron chi connectivity index (χ1n) is 5.21. The second kappa shape index (κ2) is 4.61. The van der Waals surface area contributed by atoms with E-state index in [1.165, 1.54) is 4.90 Å². The van der Waals surface area contributed by atoms with Crippen molar-refractivity contribution in [3.05, 3.63) is 0 Å². The van der Waals surface area contributed by atoms with Crippen molar-refractivity contribution >= 4 is 11.9 Å². The summed E-state index contributed by atoms with van der Waals surface area (Å²) in [4.78, 5) is 23.9. The Kier molecular flexibility index (Phi) is 3.68. The van der Waals surface area contributed by atoms with Crippen LogP contribution in [0.4, 0.5) is 0 Å². The van der Waals surface area contributed by atoms with E-state index in [0.29, 0.717) is 26.0 Å². The van der Waals surface area contributed by atoms with Gasteiger partial charge in [-0.2, -0.15) is 0 Å². The van der Waals surface area contributed by atoms with Crippen molar-refractivity contribution < 1.29 is 19.4 Å². The molecule has 1 N–H and O–H groups in total. The van der Waals surface area contributed by atoms with Gasteiger partial charge < -0.3 is 14.7 Å². The van der Waals surface area contributed by atoms with Crippen LogP contribution in [0.3, 0.4) is 0 Å². The molecule has 1 rings (SSSR count). The van der Waals surface area contributed by atoms with Crippen molar-refractivity contribution in [2.75, 3.05) is 19.7 Å². The molecule has 0 bridgehead atoms. The van der Waals surface area contributed by atoms with Crippen LogP contribution in [0.25, 0.3) is 0 Å². The molecular weight excluding hydrogens is 198 g/mol. The minimum absolute atomic E-state index is 0.193. The van der Waals surface area contributed by atoms with Crippen molar-refractivity contribution in [1.82, 2.24) is 4.90 Å². The molecule has 1 amide bonds. The number of carbonyl (C=O) groups excluding carboxylic acids is 1. The minimum Gasteiger partial charge on any atom is -0.480 e. The molecule has 1 fully saturated rings. The molecule has 0 unspecified atom stereocenters. The van der Waals surface area contributed by atoms with Crippen LogP contribution in [-0.4, -0.2) is 47.2 Å². The molecule has 0 aromatic heterocycles. The van der Waals surface area contributed by atoms with E-state index in [2.05, 4.69) is 0 Å². The predicted molar refractivity (Wildman–Crippen MR) is 53.5 cm³/mol. The van der Waals surface area contributed by atoms with Crippen molar-refractivity contribution in [3.8, 4) is 0 Å². The topological polar surface area (TPSA) is 66.8 Å². The molecule has 15 heavy (non-hydrogen) atoms. The van der Waals surface area contributed by atoms with Gasteiger partial charge in [0.25, 0.3) is 5.91 Å². The zero-order valence-corrected chi connectivity index (χ0v) is 9.15. The van der Waals surface area contributed by atoms with Crippen LogP contribution in [0.15, 0.2) is 0 Å². The largest absolute Gasteiger partial charge is 0.480 e. The number of nitrogens with zero attached hydrogens (tertiary/aromatic N) is 1.